The molecule has 0 heterocycles. The highest BCUT2D eigenvalue weighted by atomic mass is 32.2. The van der Waals surface area contributed by atoms with E-state index in [1.807, 2.05) is 31.2 Å². The Morgan fingerprint density at radius 1 is 1.14 bits per heavy atom. The molecule has 3 nitrogen and oxygen atoms in total. The summed E-state index contributed by atoms with van der Waals surface area (Å²) >= 11 is 0. The zero-order chi connectivity index (χ0) is 15.2. The standard InChI is InChI=1S/C17H17NO2S/c1-13-5-3-4-6-15(13)11-21(19)12-16-9-14(10-18)7-8-17(16)20-2/h3-9H,11-12H2,1-2H3. The lowest BCUT2D eigenvalue weighted by atomic mass is 10.1. The minimum absolute atomic E-state index is 0.382. The Morgan fingerprint density at radius 3 is 2.52 bits per heavy atom. The summed E-state index contributed by atoms with van der Waals surface area (Å²) in [4.78, 5) is 0. The first-order chi connectivity index (χ1) is 10.1. The van der Waals surface area contributed by atoms with E-state index >= 15 is 0 Å². The van der Waals surface area contributed by atoms with Crippen LogP contribution in [0.2, 0.25) is 0 Å². The second-order valence-electron chi connectivity index (χ2n) is 4.79. The SMILES string of the molecule is COc1ccc(C#N)cc1CS(=O)Cc1ccccc1C. The molecule has 2 rings (SSSR count). The summed E-state index contributed by atoms with van der Waals surface area (Å²) in [5.41, 5.74) is 3.59. The molecular weight excluding hydrogens is 282 g/mol. The summed E-state index contributed by atoms with van der Waals surface area (Å²) in [7, 11) is 0.535. The normalized spacial score (nSPS) is 11.7. The van der Waals surface area contributed by atoms with E-state index in [1.165, 1.54) is 0 Å². The van der Waals surface area contributed by atoms with Crippen molar-refractivity contribution < 1.29 is 8.95 Å². The topological polar surface area (TPSA) is 50.1 Å². The van der Waals surface area contributed by atoms with Crippen molar-refractivity contribution in [3.05, 3.63) is 64.7 Å². The molecule has 0 bridgehead atoms. The van der Waals surface area contributed by atoms with Gasteiger partial charge in [0.15, 0.2) is 0 Å². The number of rotatable bonds is 5. The number of nitrogens with zero attached hydrogens (tertiary/aromatic N) is 1. The molecule has 4 heteroatoms. The van der Waals surface area contributed by atoms with E-state index in [4.69, 9.17) is 10.00 Å². The average Bonchev–Trinajstić information content (AvgIpc) is 2.49. The average molecular weight is 299 g/mol. The van der Waals surface area contributed by atoms with E-state index in [-0.39, 0.29) is 0 Å². The summed E-state index contributed by atoms with van der Waals surface area (Å²) in [5, 5.41) is 8.96. The molecule has 2 aromatic carbocycles. The Bertz CT molecular complexity index is 704. The zero-order valence-corrected chi connectivity index (χ0v) is 12.9. The van der Waals surface area contributed by atoms with Gasteiger partial charge < -0.3 is 4.74 Å². The van der Waals surface area contributed by atoms with E-state index in [1.54, 1.807) is 25.3 Å². The van der Waals surface area contributed by atoms with E-state index < -0.39 is 10.8 Å². The number of hydrogen-bond acceptors (Lipinski definition) is 3. The van der Waals surface area contributed by atoms with Crippen molar-refractivity contribution in [2.75, 3.05) is 7.11 Å². The van der Waals surface area contributed by atoms with Crippen molar-refractivity contribution in [3.8, 4) is 11.8 Å². The fourth-order valence-electron chi connectivity index (χ4n) is 2.13. The summed E-state index contributed by atoms with van der Waals surface area (Å²) in [6.07, 6.45) is 0. The van der Waals surface area contributed by atoms with Gasteiger partial charge in [0.25, 0.3) is 0 Å². The van der Waals surface area contributed by atoms with Crippen molar-refractivity contribution in [3.63, 3.8) is 0 Å². The van der Waals surface area contributed by atoms with E-state index in [9.17, 15) is 4.21 Å². The van der Waals surface area contributed by atoms with Crippen LogP contribution in [0.5, 0.6) is 5.75 Å². The van der Waals surface area contributed by atoms with Crippen LogP contribution in [0.4, 0.5) is 0 Å². The highest BCUT2D eigenvalue weighted by Crippen LogP contribution is 2.22. The van der Waals surface area contributed by atoms with Crippen LogP contribution in [0, 0.1) is 18.3 Å². The largest absolute Gasteiger partial charge is 0.496 e. The molecule has 0 saturated heterocycles. The van der Waals surface area contributed by atoms with Crippen molar-refractivity contribution in [2.45, 2.75) is 18.4 Å². The number of ether oxygens (including phenoxy) is 1. The van der Waals surface area contributed by atoms with Crippen LogP contribution in [0.15, 0.2) is 42.5 Å². The zero-order valence-electron chi connectivity index (χ0n) is 12.1. The number of nitriles is 1. The van der Waals surface area contributed by atoms with Crippen LogP contribution >= 0.6 is 0 Å². The maximum absolute atomic E-state index is 12.4. The predicted molar refractivity (Wildman–Crippen MR) is 84.4 cm³/mol. The van der Waals surface area contributed by atoms with Gasteiger partial charge in [0.2, 0.25) is 0 Å². The molecule has 108 valence electrons. The summed E-state index contributed by atoms with van der Waals surface area (Å²) < 4.78 is 17.7. The molecule has 0 N–H and O–H groups in total. The van der Waals surface area contributed by atoms with Crippen molar-refractivity contribution in [1.29, 1.82) is 5.26 Å². The molecule has 0 radical (unpaired) electrons. The Morgan fingerprint density at radius 2 is 1.86 bits per heavy atom. The van der Waals surface area contributed by atoms with Crippen LogP contribution in [0.1, 0.15) is 22.3 Å². The van der Waals surface area contributed by atoms with Crippen LogP contribution in [-0.4, -0.2) is 11.3 Å². The molecular formula is C17H17NO2S. The van der Waals surface area contributed by atoms with Gasteiger partial charge in [-0.05, 0) is 36.2 Å². The van der Waals surface area contributed by atoms with Gasteiger partial charge in [-0.25, -0.2) is 0 Å². The number of methoxy groups -OCH3 is 1. The maximum atomic E-state index is 12.4. The Hall–Kier alpha value is -2.12. The lowest BCUT2D eigenvalue weighted by molar-refractivity contribution is 0.411. The molecule has 0 aliphatic carbocycles. The lowest BCUT2D eigenvalue weighted by Gasteiger charge is -2.10. The smallest absolute Gasteiger partial charge is 0.123 e. The fourth-order valence-corrected chi connectivity index (χ4v) is 3.48. The van der Waals surface area contributed by atoms with E-state index in [2.05, 4.69) is 6.07 Å². The van der Waals surface area contributed by atoms with E-state index in [0.717, 1.165) is 16.7 Å². The number of benzene rings is 2. The van der Waals surface area contributed by atoms with Gasteiger partial charge in [0.05, 0.1) is 24.5 Å². The van der Waals surface area contributed by atoms with Gasteiger partial charge >= 0.3 is 0 Å². The van der Waals surface area contributed by atoms with Gasteiger partial charge in [-0.3, -0.25) is 4.21 Å². The van der Waals surface area contributed by atoms with Crippen LogP contribution in [-0.2, 0) is 22.3 Å². The fraction of sp³-hybridized carbons (Fsp3) is 0.235. The number of aryl methyl sites for hydroxylation is 1. The second-order valence-corrected chi connectivity index (χ2v) is 6.25. The Labute approximate surface area is 127 Å². The van der Waals surface area contributed by atoms with E-state index in [0.29, 0.717) is 22.8 Å². The highest BCUT2D eigenvalue weighted by molar-refractivity contribution is 7.83. The highest BCUT2D eigenvalue weighted by Gasteiger charge is 2.10. The lowest BCUT2D eigenvalue weighted by Crippen LogP contribution is -2.03. The van der Waals surface area contributed by atoms with Gasteiger partial charge in [0.1, 0.15) is 5.75 Å². The van der Waals surface area contributed by atoms with Crippen molar-refractivity contribution in [2.24, 2.45) is 0 Å². The molecule has 2 aromatic rings. The van der Waals surface area contributed by atoms with Gasteiger partial charge in [-0.1, -0.05) is 24.3 Å². The Balaban J connectivity index is 2.16. The minimum Gasteiger partial charge on any atom is -0.496 e. The molecule has 1 unspecified atom stereocenters. The third-order valence-corrected chi connectivity index (χ3v) is 4.57. The summed E-state index contributed by atoms with van der Waals surface area (Å²) in [6, 6.07) is 15.2. The molecule has 0 aliphatic heterocycles. The molecule has 1 atom stereocenters. The Kier molecular flexibility index (Phi) is 5.13. The summed E-state index contributed by atoms with van der Waals surface area (Å²) in [5.74, 6) is 1.56. The van der Waals surface area contributed by atoms with Crippen molar-refractivity contribution >= 4 is 10.8 Å². The first-order valence-electron chi connectivity index (χ1n) is 6.60. The van der Waals surface area contributed by atoms with Crippen molar-refractivity contribution in [1.82, 2.24) is 0 Å². The van der Waals surface area contributed by atoms with Gasteiger partial charge in [0, 0.05) is 22.1 Å². The maximum Gasteiger partial charge on any atom is 0.123 e. The number of hydrogen-bond donors (Lipinski definition) is 0. The van der Waals surface area contributed by atoms with Crippen LogP contribution in [0.3, 0.4) is 0 Å². The first kappa shape index (κ1) is 15.3. The molecule has 0 aromatic heterocycles. The van der Waals surface area contributed by atoms with Gasteiger partial charge in [-0.15, -0.1) is 0 Å². The molecule has 21 heavy (non-hydrogen) atoms. The van der Waals surface area contributed by atoms with Gasteiger partial charge in [-0.2, -0.15) is 5.26 Å². The monoisotopic (exact) mass is 299 g/mol. The quantitative estimate of drug-likeness (QED) is 0.851. The predicted octanol–water partition coefficient (Wildman–Crippen LogP) is 3.32. The second kappa shape index (κ2) is 7.05. The minimum atomic E-state index is -1.04. The molecule has 0 spiro atoms. The molecule has 0 saturated carbocycles. The molecule has 0 aliphatic rings. The third kappa shape index (κ3) is 3.93. The summed E-state index contributed by atoms with van der Waals surface area (Å²) in [6.45, 7) is 2.02. The molecule has 0 fully saturated rings. The third-order valence-electron chi connectivity index (χ3n) is 3.30. The van der Waals surface area contributed by atoms with Crippen LogP contribution < -0.4 is 4.74 Å². The van der Waals surface area contributed by atoms with Crippen LogP contribution in [0.25, 0.3) is 0 Å². The molecule has 0 amide bonds. The first-order valence-corrected chi connectivity index (χ1v) is 8.09.